The topological polar surface area (TPSA) is 58.9 Å². The summed E-state index contributed by atoms with van der Waals surface area (Å²) in [4.78, 5) is 0. The number of halogens is 6. The van der Waals surface area contributed by atoms with Crippen LogP contribution in [0.15, 0.2) is 48.5 Å². The molecule has 0 aliphatic carbocycles. The minimum Gasteiger partial charge on any atom is -0.396 e. The highest BCUT2D eigenvalue weighted by Gasteiger charge is 2.50. The van der Waals surface area contributed by atoms with E-state index in [-0.39, 0.29) is 43.1 Å². The lowest BCUT2D eigenvalue weighted by molar-refractivity contribution is -0.283. The molecule has 4 atom stereocenters. The van der Waals surface area contributed by atoms with E-state index in [0.29, 0.717) is 24.3 Å². The highest BCUT2D eigenvalue weighted by molar-refractivity contribution is 7.99. The van der Waals surface area contributed by atoms with Crippen molar-refractivity contribution in [2.45, 2.75) is 43.5 Å². The molecule has 4 nitrogen and oxygen atoms in total. The Morgan fingerprint density at radius 1 is 1.03 bits per heavy atom. The third-order valence-corrected chi connectivity index (χ3v) is 7.25. The second-order valence-electron chi connectivity index (χ2n) is 8.66. The Hall–Kier alpha value is -1.79. The SMILES string of the molecule is C[C@@H](OC1(CSCCO)OCCC(CO)C1c1ccccc1)c1cc(C(F)(F)F)cc(C(F)(F)F)c1. The van der Waals surface area contributed by atoms with Crippen LogP contribution in [0.4, 0.5) is 26.3 Å². The van der Waals surface area contributed by atoms with E-state index in [2.05, 4.69) is 0 Å². The van der Waals surface area contributed by atoms with Gasteiger partial charge in [-0.05, 0) is 48.6 Å². The summed E-state index contributed by atoms with van der Waals surface area (Å²) in [5.41, 5.74) is -2.40. The highest BCUT2D eigenvalue weighted by atomic mass is 32.2. The fourth-order valence-electron chi connectivity index (χ4n) is 4.51. The molecule has 36 heavy (non-hydrogen) atoms. The molecule has 0 bridgehead atoms. The number of thioether (sulfide) groups is 1. The van der Waals surface area contributed by atoms with Gasteiger partial charge in [0.2, 0.25) is 0 Å². The van der Waals surface area contributed by atoms with Crippen molar-refractivity contribution in [1.29, 1.82) is 0 Å². The van der Waals surface area contributed by atoms with Crippen molar-refractivity contribution in [3.8, 4) is 0 Å². The molecule has 0 radical (unpaired) electrons. The molecular formula is C25H28F6O4S. The van der Waals surface area contributed by atoms with Gasteiger partial charge in [-0.15, -0.1) is 0 Å². The van der Waals surface area contributed by atoms with Gasteiger partial charge in [0.05, 0.1) is 30.4 Å². The monoisotopic (exact) mass is 538 g/mol. The van der Waals surface area contributed by atoms with Crippen LogP contribution in [0.25, 0.3) is 0 Å². The van der Waals surface area contributed by atoms with Crippen LogP contribution in [0.5, 0.6) is 0 Å². The van der Waals surface area contributed by atoms with E-state index in [1.54, 1.807) is 18.2 Å². The normalized spacial score (nSPS) is 24.0. The minimum atomic E-state index is -4.99. The van der Waals surface area contributed by atoms with Gasteiger partial charge >= 0.3 is 12.4 Å². The van der Waals surface area contributed by atoms with Crippen molar-refractivity contribution in [3.05, 3.63) is 70.8 Å². The van der Waals surface area contributed by atoms with Crippen molar-refractivity contribution in [2.24, 2.45) is 5.92 Å². The van der Waals surface area contributed by atoms with Crippen molar-refractivity contribution >= 4 is 11.8 Å². The van der Waals surface area contributed by atoms with Crippen LogP contribution in [0.3, 0.4) is 0 Å². The molecule has 1 fully saturated rings. The van der Waals surface area contributed by atoms with E-state index in [9.17, 15) is 36.6 Å². The molecule has 0 saturated carbocycles. The van der Waals surface area contributed by atoms with Crippen LogP contribution in [0, 0.1) is 5.92 Å². The lowest BCUT2D eigenvalue weighted by Gasteiger charge is -2.48. The van der Waals surface area contributed by atoms with Gasteiger partial charge in [0.25, 0.3) is 0 Å². The van der Waals surface area contributed by atoms with E-state index >= 15 is 0 Å². The molecule has 1 heterocycles. The maximum absolute atomic E-state index is 13.4. The van der Waals surface area contributed by atoms with Crippen LogP contribution in [0.1, 0.15) is 47.6 Å². The van der Waals surface area contributed by atoms with E-state index in [1.807, 2.05) is 12.1 Å². The quantitative estimate of drug-likeness (QED) is 0.301. The van der Waals surface area contributed by atoms with Gasteiger partial charge in [0.1, 0.15) is 0 Å². The Morgan fingerprint density at radius 3 is 2.17 bits per heavy atom. The number of alkyl halides is 6. The lowest BCUT2D eigenvalue weighted by Crippen LogP contribution is -2.52. The predicted octanol–water partition coefficient (Wildman–Crippen LogP) is 6.04. The second-order valence-corrected chi connectivity index (χ2v) is 9.76. The fraction of sp³-hybridized carbons (Fsp3) is 0.520. The molecule has 3 unspecified atom stereocenters. The lowest BCUT2D eigenvalue weighted by atomic mass is 9.77. The first kappa shape index (κ1) is 28.8. The molecule has 2 aromatic rings. The first-order valence-electron chi connectivity index (χ1n) is 11.4. The van der Waals surface area contributed by atoms with E-state index in [4.69, 9.17) is 9.47 Å². The summed E-state index contributed by atoms with van der Waals surface area (Å²) in [6, 6.07) is 10.4. The molecule has 2 N–H and O–H groups in total. The highest BCUT2D eigenvalue weighted by Crippen LogP contribution is 2.48. The van der Waals surface area contributed by atoms with Gasteiger partial charge in [-0.25, -0.2) is 0 Å². The summed E-state index contributed by atoms with van der Waals surface area (Å²) in [6.45, 7) is 1.20. The number of hydrogen-bond acceptors (Lipinski definition) is 5. The van der Waals surface area contributed by atoms with Gasteiger partial charge in [-0.2, -0.15) is 38.1 Å². The Balaban J connectivity index is 2.07. The summed E-state index contributed by atoms with van der Waals surface area (Å²) < 4.78 is 93.0. The first-order valence-corrected chi connectivity index (χ1v) is 12.5. The average molecular weight is 539 g/mol. The third kappa shape index (κ3) is 6.74. The van der Waals surface area contributed by atoms with Crippen LogP contribution in [-0.4, -0.2) is 47.3 Å². The minimum absolute atomic E-state index is 0.0781. The van der Waals surface area contributed by atoms with Crippen molar-refractivity contribution in [2.75, 3.05) is 31.3 Å². The van der Waals surface area contributed by atoms with E-state index < -0.39 is 41.3 Å². The molecular weight excluding hydrogens is 510 g/mol. The number of ether oxygens (including phenoxy) is 2. The average Bonchev–Trinajstić information content (AvgIpc) is 2.83. The van der Waals surface area contributed by atoms with Crippen molar-refractivity contribution < 1.29 is 46.0 Å². The molecule has 2 aromatic carbocycles. The molecule has 1 saturated heterocycles. The number of hydrogen-bond donors (Lipinski definition) is 2. The zero-order valence-corrected chi connectivity index (χ0v) is 20.3. The summed E-state index contributed by atoms with van der Waals surface area (Å²) in [7, 11) is 0. The Kier molecular flexibility index (Phi) is 9.37. The maximum atomic E-state index is 13.4. The van der Waals surface area contributed by atoms with Gasteiger partial charge in [-0.1, -0.05) is 30.3 Å². The third-order valence-electron chi connectivity index (χ3n) is 6.17. The number of aliphatic hydroxyl groups excluding tert-OH is 2. The number of benzene rings is 2. The largest absolute Gasteiger partial charge is 0.416 e. The molecule has 11 heteroatoms. The van der Waals surface area contributed by atoms with Crippen LogP contribution < -0.4 is 0 Å². The molecule has 3 rings (SSSR count). The maximum Gasteiger partial charge on any atom is 0.416 e. The summed E-state index contributed by atoms with van der Waals surface area (Å²) in [5.74, 6) is -1.90. The zero-order chi connectivity index (χ0) is 26.6. The molecule has 0 aromatic heterocycles. The first-order chi connectivity index (χ1) is 16.9. The standard InChI is InChI=1S/C25H28F6O4S/c1-16(19-11-20(24(26,27)28)13-21(12-19)25(29,30)31)35-23(15-36-10-8-32)22(17-5-3-2-4-6-17)18(14-33)7-9-34-23/h2-6,11-13,16,18,22,32-33H,7-10,14-15H2,1H3/t16-,18?,22?,23?/m1/s1. The summed E-state index contributed by atoms with van der Waals surface area (Å²) >= 11 is 1.28. The number of aliphatic hydroxyl groups is 2. The summed E-state index contributed by atoms with van der Waals surface area (Å²) in [5, 5.41) is 19.4. The Bertz CT molecular complexity index is 953. The van der Waals surface area contributed by atoms with Crippen LogP contribution in [-0.2, 0) is 21.8 Å². The van der Waals surface area contributed by atoms with Crippen LogP contribution >= 0.6 is 11.8 Å². The molecule has 1 aliphatic rings. The van der Waals surface area contributed by atoms with Gasteiger partial charge in [0, 0.05) is 24.0 Å². The second kappa shape index (κ2) is 11.7. The molecule has 0 amide bonds. The summed E-state index contributed by atoms with van der Waals surface area (Å²) in [6.07, 6.45) is -10.7. The molecule has 1 aliphatic heterocycles. The van der Waals surface area contributed by atoms with E-state index in [1.165, 1.54) is 18.7 Å². The Labute approximate surface area is 209 Å². The Morgan fingerprint density at radius 2 is 1.64 bits per heavy atom. The molecule has 0 spiro atoms. The van der Waals surface area contributed by atoms with Gasteiger partial charge in [-0.3, -0.25) is 0 Å². The zero-order valence-electron chi connectivity index (χ0n) is 19.5. The van der Waals surface area contributed by atoms with Crippen molar-refractivity contribution in [1.82, 2.24) is 0 Å². The van der Waals surface area contributed by atoms with Gasteiger partial charge < -0.3 is 19.7 Å². The number of rotatable bonds is 9. The smallest absolute Gasteiger partial charge is 0.396 e. The molecule has 200 valence electrons. The van der Waals surface area contributed by atoms with Gasteiger partial charge in [0.15, 0.2) is 5.79 Å². The van der Waals surface area contributed by atoms with Crippen molar-refractivity contribution in [3.63, 3.8) is 0 Å². The fourth-order valence-corrected chi connectivity index (χ4v) is 5.40. The van der Waals surface area contributed by atoms with E-state index in [0.717, 1.165) is 5.56 Å². The van der Waals surface area contributed by atoms with Crippen LogP contribution in [0.2, 0.25) is 0 Å². The predicted molar refractivity (Wildman–Crippen MR) is 123 cm³/mol.